The number of nitrogens with two attached hydrogens (primary N) is 1. The fourth-order valence-corrected chi connectivity index (χ4v) is 2.40. The summed E-state index contributed by atoms with van der Waals surface area (Å²) in [5.41, 5.74) is 5.69. The maximum atomic E-state index is 5.69. The summed E-state index contributed by atoms with van der Waals surface area (Å²) >= 11 is 0. The zero-order valence-electron chi connectivity index (χ0n) is 10.9. The fraction of sp³-hybridized carbons (Fsp3) is 0.615. The minimum Gasteiger partial charge on any atom is -0.468 e. The number of nitrogens with one attached hydrogen (secondary N) is 1. The molecule has 2 rings (SSSR count). The molecule has 100 valence electrons. The van der Waals surface area contributed by atoms with Crippen molar-refractivity contribution in [2.45, 2.75) is 25.3 Å². The molecule has 1 aromatic heterocycles. The van der Waals surface area contributed by atoms with Gasteiger partial charge in [-0.05, 0) is 38.1 Å². The molecule has 2 heterocycles. The van der Waals surface area contributed by atoms with Gasteiger partial charge in [0.05, 0.1) is 12.3 Å². The van der Waals surface area contributed by atoms with Crippen LogP contribution in [0.4, 0.5) is 0 Å². The van der Waals surface area contributed by atoms with E-state index >= 15 is 0 Å². The molecule has 0 aromatic carbocycles. The number of nitrogens with zero attached hydrogens (tertiary/aromatic N) is 2. The molecule has 1 unspecified atom stereocenters. The summed E-state index contributed by atoms with van der Waals surface area (Å²) in [4.78, 5) is 6.38. The molecule has 1 aromatic rings. The van der Waals surface area contributed by atoms with E-state index in [0.29, 0.717) is 5.96 Å². The van der Waals surface area contributed by atoms with Crippen LogP contribution in [-0.2, 0) is 0 Å². The van der Waals surface area contributed by atoms with Gasteiger partial charge in [0.15, 0.2) is 5.96 Å². The first-order valence-electron chi connectivity index (χ1n) is 6.55. The van der Waals surface area contributed by atoms with E-state index in [1.54, 1.807) is 13.3 Å². The monoisotopic (exact) mass is 250 g/mol. The van der Waals surface area contributed by atoms with Crippen LogP contribution in [0.15, 0.2) is 27.8 Å². The number of hydrogen-bond donors (Lipinski definition) is 2. The molecule has 0 amide bonds. The van der Waals surface area contributed by atoms with Crippen molar-refractivity contribution in [1.29, 1.82) is 0 Å². The lowest BCUT2D eigenvalue weighted by atomic mass is 10.1. The summed E-state index contributed by atoms with van der Waals surface area (Å²) in [6, 6.07) is 4.20. The van der Waals surface area contributed by atoms with Crippen LogP contribution in [0.5, 0.6) is 0 Å². The van der Waals surface area contributed by atoms with E-state index in [-0.39, 0.29) is 6.04 Å². The Morgan fingerprint density at radius 3 is 2.89 bits per heavy atom. The molecule has 3 N–H and O–H groups in total. The predicted molar refractivity (Wildman–Crippen MR) is 72.4 cm³/mol. The predicted octanol–water partition coefficient (Wildman–Crippen LogP) is 1.34. The molecular formula is C13H22N4O. The van der Waals surface area contributed by atoms with Gasteiger partial charge in [-0.3, -0.25) is 9.89 Å². The number of rotatable bonds is 4. The van der Waals surface area contributed by atoms with Crippen LogP contribution < -0.4 is 11.1 Å². The molecule has 0 bridgehead atoms. The van der Waals surface area contributed by atoms with Crippen molar-refractivity contribution < 1.29 is 4.42 Å². The third kappa shape index (κ3) is 3.26. The Hall–Kier alpha value is -1.49. The summed E-state index contributed by atoms with van der Waals surface area (Å²) in [7, 11) is 1.69. The van der Waals surface area contributed by atoms with E-state index in [1.165, 1.54) is 19.3 Å². The van der Waals surface area contributed by atoms with Gasteiger partial charge in [-0.15, -0.1) is 0 Å². The van der Waals surface area contributed by atoms with Gasteiger partial charge in [-0.2, -0.15) is 0 Å². The van der Waals surface area contributed by atoms with Gasteiger partial charge in [-0.1, -0.05) is 6.42 Å². The second kappa shape index (κ2) is 6.44. The molecule has 1 fully saturated rings. The second-order valence-corrected chi connectivity index (χ2v) is 4.62. The third-order valence-electron chi connectivity index (χ3n) is 3.42. The Labute approximate surface area is 108 Å². The minimum absolute atomic E-state index is 0.237. The number of likely N-dealkylation sites (tertiary alicyclic amines) is 1. The van der Waals surface area contributed by atoms with Crippen LogP contribution in [0.1, 0.15) is 31.1 Å². The van der Waals surface area contributed by atoms with E-state index in [4.69, 9.17) is 10.2 Å². The van der Waals surface area contributed by atoms with Gasteiger partial charge in [0.1, 0.15) is 5.76 Å². The molecule has 0 saturated carbocycles. The van der Waals surface area contributed by atoms with Gasteiger partial charge >= 0.3 is 0 Å². The maximum Gasteiger partial charge on any atom is 0.188 e. The van der Waals surface area contributed by atoms with E-state index in [9.17, 15) is 0 Å². The highest BCUT2D eigenvalue weighted by atomic mass is 16.3. The Balaban J connectivity index is 2.02. The molecular weight excluding hydrogens is 228 g/mol. The first-order valence-corrected chi connectivity index (χ1v) is 6.55. The molecule has 1 aliphatic rings. The van der Waals surface area contributed by atoms with Crippen LogP contribution in [0.25, 0.3) is 0 Å². The second-order valence-electron chi connectivity index (χ2n) is 4.62. The van der Waals surface area contributed by atoms with Gasteiger partial charge in [-0.25, -0.2) is 0 Å². The lowest BCUT2D eigenvalue weighted by Gasteiger charge is -2.33. The summed E-state index contributed by atoms with van der Waals surface area (Å²) < 4.78 is 5.55. The third-order valence-corrected chi connectivity index (χ3v) is 3.42. The van der Waals surface area contributed by atoms with Crippen molar-refractivity contribution in [3.05, 3.63) is 24.2 Å². The standard InChI is InChI=1S/C13H22N4O/c1-15-13(14)16-10-11(12-6-5-9-18-12)17-7-3-2-4-8-17/h5-6,9,11H,2-4,7-8,10H2,1H3,(H3,14,15,16). The first kappa shape index (κ1) is 13.0. The highest BCUT2D eigenvalue weighted by Gasteiger charge is 2.24. The Bertz CT molecular complexity index is 368. The highest BCUT2D eigenvalue weighted by molar-refractivity contribution is 5.77. The van der Waals surface area contributed by atoms with Gasteiger partial charge in [0.2, 0.25) is 0 Å². The molecule has 1 aliphatic heterocycles. The van der Waals surface area contributed by atoms with Crippen molar-refractivity contribution in [1.82, 2.24) is 10.2 Å². The van der Waals surface area contributed by atoms with Gasteiger partial charge < -0.3 is 15.5 Å². The quantitative estimate of drug-likeness (QED) is 0.625. The zero-order valence-corrected chi connectivity index (χ0v) is 10.9. The fourth-order valence-electron chi connectivity index (χ4n) is 2.40. The van der Waals surface area contributed by atoms with Crippen molar-refractivity contribution in [2.24, 2.45) is 10.7 Å². The SMILES string of the molecule is CN=C(N)NCC(c1ccco1)N1CCCCC1. The lowest BCUT2D eigenvalue weighted by Crippen LogP contribution is -2.42. The maximum absolute atomic E-state index is 5.69. The van der Waals surface area contributed by atoms with Crippen LogP contribution in [-0.4, -0.2) is 37.5 Å². The van der Waals surface area contributed by atoms with Crippen LogP contribution in [0.2, 0.25) is 0 Å². The van der Waals surface area contributed by atoms with E-state index < -0.39 is 0 Å². The summed E-state index contributed by atoms with van der Waals surface area (Å²) in [5.74, 6) is 1.47. The van der Waals surface area contributed by atoms with Crippen molar-refractivity contribution >= 4 is 5.96 Å². The molecule has 18 heavy (non-hydrogen) atoms. The smallest absolute Gasteiger partial charge is 0.188 e. The van der Waals surface area contributed by atoms with Gasteiger partial charge in [0.25, 0.3) is 0 Å². The van der Waals surface area contributed by atoms with Gasteiger partial charge in [0, 0.05) is 13.6 Å². The molecule has 5 heteroatoms. The van der Waals surface area contributed by atoms with Crippen molar-refractivity contribution in [3.63, 3.8) is 0 Å². The Kier molecular flexibility index (Phi) is 4.64. The number of piperidine rings is 1. The summed E-state index contributed by atoms with van der Waals surface area (Å²) in [6.45, 7) is 2.98. The summed E-state index contributed by atoms with van der Waals surface area (Å²) in [6.07, 6.45) is 5.57. The van der Waals surface area contributed by atoms with Crippen LogP contribution in [0, 0.1) is 0 Å². The zero-order chi connectivity index (χ0) is 12.8. The van der Waals surface area contributed by atoms with E-state index in [1.807, 2.05) is 12.1 Å². The molecule has 0 aliphatic carbocycles. The average molecular weight is 250 g/mol. The van der Waals surface area contributed by atoms with Crippen LogP contribution >= 0.6 is 0 Å². The normalized spacial score (nSPS) is 19.7. The Morgan fingerprint density at radius 1 is 1.50 bits per heavy atom. The number of hydrogen-bond acceptors (Lipinski definition) is 3. The Morgan fingerprint density at radius 2 is 2.28 bits per heavy atom. The molecule has 1 saturated heterocycles. The molecule has 5 nitrogen and oxygen atoms in total. The van der Waals surface area contributed by atoms with E-state index in [2.05, 4.69) is 15.2 Å². The molecule has 0 spiro atoms. The molecule has 0 radical (unpaired) electrons. The van der Waals surface area contributed by atoms with Crippen LogP contribution in [0.3, 0.4) is 0 Å². The van der Waals surface area contributed by atoms with Crippen molar-refractivity contribution in [3.8, 4) is 0 Å². The van der Waals surface area contributed by atoms with Crippen molar-refractivity contribution in [2.75, 3.05) is 26.7 Å². The topological polar surface area (TPSA) is 66.8 Å². The lowest BCUT2D eigenvalue weighted by molar-refractivity contribution is 0.146. The largest absolute Gasteiger partial charge is 0.468 e. The first-order chi connectivity index (χ1) is 8.81. The highest BCUT2D eigenvalue weighted by Crippen LogP contribution is 2.24. The minimum atomic E-state index is 0.237. The molecule has 1 atom stereocenters. The number of guanidine groups is 1. The average Bonchev–Trinajstić information content (AvgIpc) is 2.94. The summed E-state index contributed by atoms with van der Waals surface area (Å²) in [5, 5.41) is 3.14. The van der Waals surface area contributed by atoms with E-state index in [0.717, 1.165) is 25.4 Å². The number of furan rings is 1. The number of aliphatic imine (C=N–C) groups is 1.